The van der Waals surface area contributed by atoms with E-state index in [0.29, 0.717) is 29.5 Å². The zero-order valence-electron chi connectivity index (χ0n) is 13.1. The number of nitrogens with zero attached hydrogens (tertiary/aromatic N) is 1. The van der Waals surface area contributed by atoms with Gasteiger partial charge in [0, 0.05) is 36.7 Å². The Labute approximate surface area is 135 Å². The second kappa shape index (κ2) is 5.46. The number of carbonyl (C=O) groups excluding carboxylic acids is 1. The van der Waals surface area contributed by atoms with E-state index in [2.05, 4.69) is 17.3 Å². The van der Waals surface area contributed by atoms with E-state index in [1.807, 2.05) is 24.3 Å². The number of hydrogen-bond donors (Lipinski definition) is 1. The van der Waals surface area contributed by atoms with Gasteiger partial charge in [0.05, 0.1) is 0 Å². The van der Waals surface area contributed by atoms with Crippen molar-refractivity contribution in [3.63, 3.8) is 0 Å². The summed E-state index contributed by atoms with van der Waals surface area (Å²) in [4.78, 5) is 14.8. The first kappa shape index (κ1) is 14.4. The Morgan fingerprint density at radius 2 is 1.96 bits per heavy atom. The van der Waals surface area contributed by atoms with Crippen LogP contribution in [0.1, 0.15) is 21.8 Å². The van der Waals surface area contributed by atoms with Gasteiger partial charge < -0.3 is 10.2 Å². The summed E-state index contributed by atoms with van der Waals surface area (Å²) in [5, 5.41) is 3.03. The minimum absolute atomic E-state index is 0.0461. The van der Waals surface area contributed by atoms with Crippen molar-refractivity contribution in [2.24, 2.45) is 5.92 Å². The first-order chi connectivity index (χ1) is 11.1. The lowest BCUT2D eigenvalue weighted by Gasteiger charge is -2.17. The Hall–Kier alpha value is -2.20. The van der Waals surface area contributed by atoms with Crippen molar-refractivity contribution in [3.8, 4) is 11.1 Å². The van der Waals surface area contributed by atoms with Gasteiger partial charge in [-0.1, -0.05) is 30.3 Å². The highest BCUT2D eigenvalue weighted by atomic mass is 19.1. The van der Waals surface area contributed by atoms with E-state index < -0.39 is 0 Å². The van der Waals surface area contributed by atoms with Gasteiger partial charge in [0.2, 0.25) is 0 Å². The van der Waals surface area contributed by atoms with E-state index >= 15 is 0 Å². The number of amides is 1. The first-order valence-electron chi connectivity index (χ1n) is 7.99. The van der Waals surface area contributed by atoms with Crippen molar-refractivity contribution in [1.29, 1.82) is 0 Å². The number of benzene rings is 2. The van der Waals surface area contributed by atoms with Crippen molar-refractivity contribution < 1.29 is 9.18 Å². The van der Waals surface area contributed by atoms with E-state index in [1.54, 1.807) is 12.1 Å². The molecule has 0 spiro atoms. The monoisotopic (exact) mass is 310 g/mol. The first-order valence-corrected chi connectivity index (χ1v) is 7.99. The highest BCUT2D eigenvalue weighted by Crippen LogP contribution is 2.37. The molecule has 4 rings (SSSR count). The average molecular weight is 310 g/mol. The van der Waals surface area contributed by atoms with Gasteiger partial charge >= 0.3 is 0 Å². The third kappa shape index (κ3) is 2.43. The third-order valence-corrected chi connectivity index (χ3v) is 5.03. The maximum Gasteiger partial charge on any atom is 0.251 e. The van der Waals surface area contributed by atoms with Crippen LogP contribution in [-0.2, 0) is 0 Å². The van der Waals surface area contributed by atoms with Crippen molar-refractivity contribution in [2.75, 3.05) is 26.7 Å². The maximum absolute atomic E-state index is 14.0. The van der Waals surface area contributed by atoms with E-state index in [-0.39, 0.29) is 11.7 Å². The van der Waals surface area contributed by atoms with Gasteiger partial charge in [-0.15, -0.1) is 0 Å². The molecule has 2 aromatic carbocycles. The van der Waals surface area contributed by atoms with Gasteiger partial charge in [-0.25, -0.2) is 4.39 Å². The number of likely N-dealkylation sites (N-methyl/N-ethyl adjacent to an activating group) is 1. The predicted octanol–water partition coefficient (Wildman–Crippen LogP) is 2.88. The van der Waals surface area contributed by atoms with Crippen LogP contribution in [-0.4, -0.2) is 37.5 Å². The predicted molar refractivity (Wildman–Crippen MR) is 87.9 cm³/mol. The lowest BCUT2D eigenvalue weighted by molar-refractivity contribution is 0.0951. The summed E-state index contributed by atoms with van der Waals surface area (Å²) in [5.41, 5.74) is 3.07. The summed E-state index contributed by atoms with van der Waals surface area (Å²) >= 11 is 0. The van der Waals surface area contributed by atoms with E-state index in [1.165, 1.54) is 6.07 Å². The molecule has 1 amide bonds. The summed E-state index contributed by atoms with van der Waals surface area (Å²) in [6.45, 7) is 2.67. The highest BCUT2D eigenvalue weighted by molar-refractivity contribution is 5.97. The van der Waals surface area contributed by atoms with Crippen molar-refractivity contribution in [3.05, 3.63) is 59.4 Å². The third-order valence-electron chi connectivity index (χ3n) is 5.03. The normalized spacial score (nSPS) is 23.8. The molecule has 2 aromatic rings. The van der Waals surface area contributed by atoms with Gasteiger partial charge in [0.15, 0.2) is 0 Å². The molecular formula is C19H19FN2O. The zero-order chi connectivity index (χ0) is 16.0. The van der Waals surface area contributed by atoms with Crippen LogP contribution in [0, 0.1) is 11.7 Å². The Kier molecular flexibility index (Phi) is 3.42. The number of carbonyl (C=O) groups is 1. The van der Waals surface area contributed by atoms with E-state index in [0.717, 1.165) is 24.2 Å². The summed E-state index contributed by atoms with van der Waals surface area (Å²) in [7, 11) is 2.11. The molecule has 2 aliphatic heterocycles. The summed E-state index contributed by atoms with van der Waals surface area (Å²) in [6, 6.07) is 12.5. The number of rotatable bonds is 1. The molecule has 2 atom stereocenters. The molecule has 1 fully saturated rings. The van der Waals surface area contributed by atoms with Gasteiger partial charge in [0.1, 0.15) is 5.82 Å². The fourth-order valence-corrected chi connectivity index (χ4v) is 3.90. The standard InChI is InChI=1S/C19H19FN2O/c1-22-10-13-9-21-19(23)16-8-12(6-7-15(16)17(13)11-22)14-4-2-3-5-18(14)20/h2-8,13,17H,9-11H2,1H3,(H,21,23)/t13-,17-/m1/s1. The van der Waals surface area contributed by atoms with Gasteiger partial charge in [-0.3, -0.25) is 4.79 Å². The number of nitrogens with one attached hydrogen (secondary N) is 1. The molecule has 0 aliphatic carbocycles. The molecule has 0 radical (unpaired) electrons. The zero-order valence-corrected chi connectivity index (χ0v) is 13.1. The molecule has 2 heterocycles. The quantitative estimate of drug-likeness (QED) is 0.878. The fraction of sp³-hybridized carbons (Fsp3) is 0.316. The lowest BCUT2D eigenvalue weighted by atomic mass is 9.86. The molecular weight excluding hydrogens is 291 g/mol. The molecule has 118 valence electrons. The lowest BCUT2D eigenvalue weighted by Crippen LogP contribution is -2.29. The van der Waals surface area contributed by atoms with Crippen LogP contribution in [0.25, 0.3) is 11.1 Å². The fourth-order valence-electron chi connectivity index (χ4n) is 3.90. The molecule has 0 aromatic heterocycles. The largest absolute Gasteiger partial charge is 0.352 e. The molecule has 1 N–H and O–H groups in total. The summed E-state index contributed by atoms with van der Waals surface area (Å²) < 4.78 is 14.0. The van der Waals surface area contributed by atoms with Crippen LogP contribution in [0.2, 0.25) is 0 Å². The van der Waals surface area contributed by atoms with Crippen molar-refractivity contribution >= 4 is 5.91 Å². The molecule has 23 heavy (non-hydrogen) atoms. The van der Waals surface area contributed by atoms with Crippen molar-refractivity contribution in [1.82, 2.24) is 10.2 Å². The Bertz CT molecular complexity index is 774. The minimum Gasteiger partial charge on any atom is -0.352 e. The van der Waals surface area contributed by atoms with E-state index in [4.69, 9.17) is 0 Å². The van der Waals surface area contributed by atoms with Crippen LogP contribution in [0.5, 0.6) is 0 Å². The highest BCUT2D eigenvalue weighted by Gasteiger charge is 2.36. The summed E-state index contributed by atoms with van der Waals surface area (Å²) in [6.07, 6.45) is 0. The van der Waals surface area contributed by atoms with Gasteiger partial charge in [-0.05, 0) is 36.2 Å². The Morgan fingerprint density at radius 3 is 2.78 bits per heavy atom. The molecule has 1 saturated heterocycles. The van der Waals surface area contributed by atoms with Crippen LogP contribution in [0.4, 0.5) is 4.39 Å². The second-order valence-corrected chi connectivity index (χ2v) is 6.58. The van der Waals surface area contributed by atoms with Crippen LogP contribution in [0.15, 0.2) is 42.5 Å². The SMILES string of the molecule is CN1C[C@H]2CNC(=O)c3cc(-c4ccccc4F)ccc3[C@@H]2C1. The Balaban J connectivity index is 1.82. The molecule has 0 bridgehead atoms. The van der Waals surface area contributed by atoms with Crippen LogP contribution < -0.4 is 5.32 Å². The molecule has 0 saturated carbocycles. The van der Waals surface area contributed by atoms with Crippen LogP contribution >= 0.6 is 0 Å². The smallest absolute Gasteiger partial charge is 0.251 e. The number of hydrogen-bond acceptors (Lipinski definition) is 2. The molecule has 0 unspecified atom stereocenters. The van der Waals surface area contributed by atoms with Gasteiger partial charge in [0.25, 0.3) is 5.91 Å². The van der Waals surface area contributed by atoms with Gasteiger partial charge in [-0.2, -0.15) is 0 Å². The molecule has 2 aliphatic rings. The molecule has 3 nitrogen and oxygen atoms in total. The topological polar surface area (TPSA) is 32.3 Å². The number of fused-ring (bicyclic) bond motifs is 3. The number of halogens is 1. The van der Waals surface area contributed by atoms with Crippen molar-refractivity contribution in [2.45, 2.75) is 5.92 Å². The number of likely N-dealkylation sites (tertiary alicyclic amines) is 1. The van der Waals surface area contributed by atoms with E-state index in [9.17, 15) is 9.18 Å². The van der Waals surface area contributed by atoms with Crippen LogP contribution in [0.3, 0.4) is 0 Å². The molecule has 4 heteroatoms. The Morgan fingerprint density at radius 1 is 1.13 bits per heavy atom. The minimum atomic E-state index is -0.264. The summed E-state index contributed by atoms with van der Waals surface area (Å²) in [5.74, 6) is 0.503. The second-order valence-electron chi connectivity index (χ2n) is 6.58. The maximum atomic E-state index is 14.0. The average Bonchev–Trinajstić information content (AvgIpc) is 2.88.